The molecule has 1 fully saturated rings. The molecule has 3 heteroatoms. The highest BCUT2D eigenvalue weighted by Gasteiger charge is 2.28. The Morgan fingerprint density at radius 1 is 1.19 bits per heavy atom. The van der Waals surface area contributed by atoms with Crippen LogP contribution in [0.1, 0.15) is 52.1 Å². The smallest absolute Gasteiger partial charge is 0.119 e. The molecule has 1 aromatic carbocycles. The van der Waals surface area contributed by atoms with Gasteiger partial charge >= 0.3 is 0 Å². The van der Waals surface area contributed by atoms with Crippen molar-refractivity contribution >= 4 is 0 Å². The Labute approximate surface area is 129 Å². The zero-order valence-corrected chi connectivity index (χ0v) is 13.9. The van der Waals surface area contributed by atoms with Crippen molar-refractivity contribution in [2.24, 2.45) is 11.7 Å². The lowest BCUT2D eigenvalue weighted by molar-refractivity contribution is 0.195. The summed E-state index contributed by atoms with van der Waals surface area (Å²) in [7, 11) is 0. The molecule has 1 heterocycles. The quantitative estimate of drug-likeness (QED) is 0.870. The van der Waals surface area contributed by atoms with Crippen molar-refractivity contribution in [2.75, 3.05) is 13.1 Å². The van der Waals surface area contributed by atoms with Gasteiger partial charge in [0.15, 0.2) is 0 Å². The second-order valence-corrected chi connectivity index (χ2v) is 6.79. The van der Waals surface area contributed by atoms with Crippen molar-refractivity contribution in [1.29, 1.82) is 0 Å². The molecule has 1 aliphatic rings. The van der Waals surface area contributed by atoms with Crippen LogP contribution in [0.4, 0.5) is 0 Å². The number of ether oxygens (including phenoxy) is 1. The summed E-state index contributed by atoms with van der Waals surface area (Å²) in [4.78, 5) is 2.56. The molecule has 0 aliphatic carbocycles. The number of nitrogens with two attached hydrogens (primary N) is 1. The summed E-state index contributed by atoms with van der Waals surface area (Å²) in [6, 6.07) is 9.03. The molecular formula is C18H30N2O. The van der Waals surface area contributed by atoms with E-state index in [2.05, 4.69) is 30.9 Å². The highest BCUT2D eigenvalue weighted by Crippen LogP contribution is 2.26. The Balaban J connectivity index is 1.95. The SMILES string of the molecule is CC(C)Oc1ccc(C(N)CN2CCCC2C(C)C)cc1. The average Bonchev–Trinajstić information content (AvgIpc) is 2.87. The second kappa shape index (κ2) is 7.28. The van der Waals surface area contributed by atoms with Gasteiger partial charge in [0, 0.05) is 18.6 Å². The molecule has 0 amide bonds. The second-order valence-electron chi connectivity index (χ2n) is 6.79. The Kier molecular flexibility index (Phi) is 5.65. The number of likely N-dealkylation sites (tertiary alicyclic amines) is 1. The first-order valence-electron chi connectivity index (χ1n) is 8.23. The molecule has 2 atom stereocenters. The van der Waals surface area contributed by atoms with Gasteiger partial charge in [-0.3, -0.25) is 4.90 Å². The molecule has 0 spiro atoms. The van der Waals surface area contributed by atoms with Gasteiger partial charge in [0.1, 0.15) is 5.75 Å². The van der Waals surface area contributed by atoms with Crippen LogP contribution in [0.2, 0.25) is 0 Å². The summed E-state index contributed by atoms with van der Waals surface area (Å²) < 4.78 is 5.68. The molecule has 0 bridgehead atoms. The molecule has 2 rings (SSSR count). The van der Waals surface area contributed by atoms with Gasteiger partial charge in [0.25, 0.3) is 0 Å². The first-order valence-corrected chi connectivity index (χ1v) is 8.23. The van der Waals surface area contributed by atoms with E-state index in [1.54, 1.807) is 0 Å². The lowest BCUT2D eigenvalue weighted by Crippen LogP contribution is -2.38. The third-order valence-corrected chi connectivity index (χ3v) is 4.30. The fourth-order valence-corrected chi connectivity index (χ4v) is 3.26. The number of rotatable bonds is 6. The molecule has 0 saturated carbocycles. The molecule has 1 saturated heterocycles. The number of benzene rings is 1. The van der Waals surface area contributed by atoms with Crippen LogP contribution in [0.5, 0.6) is 5.75 Å². The van der Waals surface area contributed by atoms with Crippen molar-refractivity contribution in [3.05, 3.63) is 29.8 Å². The van der Waals surface area contributed by atoms with Crippen molar-refractivity contribution in [1.82, 2.24) is 4.90 Å². The minimum atomic E-state index is 0.0810. The molecule has 2 N–H and O–H groups in total. The maximum Gasteiger partial charge on any atom is 0.119 e. The summed E-state index contributed by atoms with van der Waals surface area (Å²) in [6.07, 6.45) is 2.82. The first-order chi connectivity index (χ1) is 9.97. The summed E-state index contributed by atoms with van der Waals surface area (Å²) in [5.41, 5.74) is 7.60. The topological polar surface area (TPSA) is 38.5 Å². The molecule has 21 heavy (non-hydrogen) atoms. The summed E-state index contributed by atoms with van der Waals surface area (Å²) >= 11 is 0. The fraction of sp³-hybridized carbons (Fsp3) is 0.667. The van der Waals surface area contributed by atoms with Crippen LogP contribution < -0.4 is 10.5 Å². The minimum Gasteiger partial charge on any atom is -0.491 e. The summed E-state index contributed by atoms with van der Waals surface area (Å²) in [5.74, 6) is 1.63. The highest BCUT2D eigenvalue weighted by atomic mass is 16.5. The van der Waals surface area contributed by atoms with E-state index in [9.17, 15) is 0 Å². The predicted molar refractivity (Wildman–Crippen MR) is 88.6 cm³/mol. The largest absolute Gasteiger partial charge is 0.491 e. The molecule has 118 valence electrons. The Morgan fingerprint density at radius 3 is 2.43 bits per heavy atom. The van der Waals surface area contributed by atoms with Crippen LogP contribution in [-0.2, 0) is 0 Å². The van der Waals surface area contributed by atoms with Gasteiger partial charge in [-0.25, -0.2) is 0 Å². The van der Waals surface area contributed by atoms with Gasteiger partial charge in [-0.05, 0) is 56.8 Å². The van der Waals surface area contributed by atoms with Crippen molar-refractivity contribution in [3.63, 3.8) is 0 Å². The van der Waals surface area contributed by atoms with Crippen LogP contribution in [0.15, 0.2) is 24.3 Å². The van der Waals surface area contributed by atoms with Gasteiger partial charge in [-0.2, -0.15) is 0 Å². The van der Waals surface area contributed by atoms with Gasteiger partial charge in [-0.15, -0.1) is 0 Å². The van der Waals surface area contributed by atoms with E-state index in [4.69, 9.17) is 10.5 Å². The number of nitrogens with zero attached hydrogens (tertiary/aromatic N) is 1. The predicted octanol–water partition coefficient (Wildman–Crippen LogP) is 3.59. The zero-order valence-electron chi connectivity index (χ0n) is 13.9. The van der Waals surface area contributed by atoms with Crippen LogP contribution >= 0.6 is 0 Å². The monoisotopic (exact) mass is 290 g/mol. The zero-order chi connectivity index (χ0) is 15.4. The van der Waals surface area contributed by atoms with E-state index >= 15 is 0 Å². The fourth-order valence-electron chi connectivity index (χ4n) is 3.26. The van der Waals surface area contributed by atoms with Crippen LogP contribution in [0, 0.1) is 5.92 Å². The molecule has 3 nitrogen and oxygen atoms in total. The van der Waals surface area contributed by atoms with Gasteiger partial charge in [0.2, 0.25) is 0 Å². The van der Waals surface area contributed by atoms with Crippen molar-refractivity contribution in [3.8, 4) is 5.75 Å². The standard InChI is InChI=1S/C18H30N2O/c1-13(2)18-6-5-11-20(18)12-17(19)15-7-9-16(10-8-15)21-14(3)4/h7-10,13-14,17-18H,5-6,11-12,19H2,1-4H3. The number of hydrogen-bond donors (Lipinski definition) is 1. The van der Waals surface area contributed by atoms with Crippen molar-refractivity contribution in [2.45, 2.75) is 58.7 Å². The first kappa shape index (κ1) is 16.3. The maximum atomic E-state index is 6.41. The van der Waals surface area contributed by atoms with Gasteiger partial charge in [0.05, 0.1) is 6.10 Å². The lowest BCUT2D eigenvalue weighted by Gasteiger charge is -2.30. The third-order valence-electron chi connectivity index (χ3n) is 4.30. The van der Waals surface area contributed by atoms with E-state index < -0.39 is 0 Å². The Bertz CT molecular complexity index is 427. The molecule has 0 radical (unpaired) electrons. The third kappa shape index (κ3) is 4.45. The maximum absolute atomic E-state index is 6.41. The molecule has 1 aliphatic heterocycles. The van der Waals surface area contributed by atoms with Gasteiger partial charge < -0.3 is 10.5 Å². The molecule has 1 aromatic rings. The van der Waals surface area contributed by atoms with Crippen LogP contribution in [0.3, 0.4) is 0 Å². The molecule has 0 aromatic heterocycles. The van der Waals surface area contributed by atoms with Crippen LogP contribution in [0.25, 0.3) is 0 Å². The Morgan fingerprint density at radius 2 is 1.86 bits per heavy atom. The lowest BCUT2D eigenvalue weighted by atomic mass is 10.0. The van der Waals surface area contributed by atoms with Crippen LogP contribution in [-0.4, -0.2) is 30.1 Å². The molecule has 2 unspecified atom stereocenters. The molecular weight excluding hydrogens is 260 g/mol. The Hall–Kier alpha value is -1.06. The van der Waals surface area contributed by atoms with Crippen molar-refractivity contribution < 1.29 is 4.74 Å². The van der Waals surface area contributed by atoms with E-state index in [0.717, 1.165) is 12.3 Å². The van der Waals surface area contributed by atoms with E-state index in [0.29, 0.717) is 12.0 Å². The van der Waals surface area contributed by atoms with E-state index in [1.807, 2.05) is 26.0 Å². The normalized spacial score (nSPS) is 21.2. The van der Waals surface area contributed by atoms with E-state index in [1.165, 1.54) is 24.9 Å². The van der Waals surface area contributed by atoms with Gasteiger partial charge in [-0.1, -0.05) is 26.0 Å². The average molecular weight is 290 g/mol. The highest BCUT2D eigenvalue weighted by molar-refractivity contribution is 5.29. The minimum absolute atomic E-state index is 0.0810. The summed E-state index contributed by atoms with van der Waals surface area (Å²) in [5, 5.41) is 0. The summed E-state index contributed by atoms with van der Waals surface area (Å²) in [6.45, 7) is 10.8. The number of hydrogen-bond acceptors (Lipinski definition) is 3. The van der Waals surface area contributed by atoms with E-state index in [-0.39, 0.29) is 12.1 Å².